The van der Waals surface area contributed by atoms with Crippen molar-refractivity contribution in [2.75, 3.05) is 5.32 Å². The van der Waals surface area contributed by atoms with Crippen LogP contribution in [0.5, 0.6) is 0 Å². The number of rotatable bonds is 5. The smallest absolute Gasteiger partial charge is 0.336 e. The van der Waals surface area contributed by atoms with E-state index in [1.165, 1.54) is 0 Å². The Hall–Kier alpha value is -2.43. The van der Waals surface area contributed by atoms with Crippen molar-refractivity contribution in [3.05, 3.63) is 75.5 Å². The van der Waals surface area contributed by atoms with Gasteiger partial charge < -0.3 is 14.8 Å². The molecule has 0 spiro atoms. The maximum absolute atomic E-state index is 11.2. The molecule has 1 aromatic heterocycles. The van der Waals surface area contributed by atoms with Crippen LogP contribution in [0.1, 0.15) is 21.7 Å². The molecule has 3 rings (SSSR count). The summed E-state index contributed by atoms with van der Waals surface area (Å²) in [6.45, 7) is 2.20. The standard InChI is InChI=1S/C19H15Cl2NO3/c1-11-14(19(23)24)3-2-4-17(11)22-10-13-6-8-18(25-13)15-7-5-12(20)9-16(15)21/h2-9,22H,10H2,1H3,(H,23,24). The third-order valence-corrected chi connectivity index (χ3v) is 4.42. The topological polar surface area (TPSA) is 62.5 Å². The molecule has 0 aliphatic rings. The summed E-state index contributed by atoms with van der Waals surface area (Å²) in [4.78, 5) is 11.2. The highest BCUT2D eigenvalue weighted by Crippen LogP contribution is 2.31. The second-order valence-electron chi connectivity index (χ2n) is 5.53. The van der Waals surface area contributed by atoms with E-state index in [2.05, 4.69) is 5.32 Å². The van der Waals surface area contributed by atoms with Crippen molar-refractivity contribution in [1.29, 1.82) is 0 Å². The molecule has 0 unspecified atom stereocenters. The van der Waals surface area contributed by atoms with Gasteiger partial charge in [-0.15, -0.1) is 0 Å². The summed E-state index contributed by atoms with van der Waals surface area (Å²) in [5.74, 6) is 0.412. The molecule has 0 atom stereocenters. The Labute approximate surface area is 155 Å². The van der Waals surface area contributed by atoms with E-state index in [1.807, 2.05) is 18.2 Å². The lowest BCUT2D eigenvalue weighted by atomic mass is 10.1. The van der Waals surface area contributed by atoms with E-state index in [9.17, 15) is 9.90 Å². The molecule has 6 heteroatoms. The summed E-state index contributed by atoms with van der Waals surface area (Å²) >= 11 is 12.1. The fourth-order valence-electron chi connectivity index (χ4n) is 2.55. The number of hydrogen-bond donors (Lipinski definition) is 2. The Morgan fingerprint density at radius 1 is 1.16 bits per heavy atom. The van der Waals surface area contributed by atoms with E-state index in [4.69, 9.17) is 27.6 Å². The first kappa shape index (κ1) is 17.4. The summed E-state index contributed by atoms with van der Waals surface area (Å²) in [5, 5.41) is 13.5. The minimum Gasteiger partial charge on any atom is -0.478 e. The van der Waals surface area contributed by atoms with Gasteiger partial charge in [0.2, 0.25) is 0 Å². The first-order valence-electron chi connectivity index (χ1n) is 7.56. The molecule has 0 saturated carbocycles. The van der Waals surface area contributed by atoms with Crippen LogP contribution in [-0.2, 0) is 6.54 Å². The van der Waals surface area contributed by atoms with E-state index in [0.29, 0.717) is 33.7 Å². The third kappa shape index (κ3) is 3.81. The first-order chi connectivity index (χ1) is 12.0. The van der Waals surface area contributed by atoms with Crippen LogP contribution in [0.15, 0.2) is 52.9 Å². The average molecular weight is 376 g/mol. The van der Waals surface area contributed by atoms with Gasteiger partial charge in [0.25, 0.3) is 0 Å². The molecule has 3 aromatic rings. The number of benzene rings is 2. The molecule has 2 aromatic carbocycles. The van der Waals surface area contributed by atoms with Gasteiger partial charge in [-0.2, -0.15) is 0 Å². The van der Waals surface area contributed by atoms with Crippen molar-refractivity contribution in [2.24, 2.45) is 0 Å². The highest BCUT2D eigenvalue weighted by atomic mass is 35.5. The van der Waals surface area contributed by atoms with Crippen molar-refractivity contribution in [3.63, 3.8) is 0 Å². The normalized spacial score (nSPS) is 10.7. The van der Waals surface area contributed by atoms with Crippen molar-refractivity contribution in [2.45, 2.75) is 13.5 Å². The molecule has 2 N–H and O–H groups in total. The van der Waals surface area contributed by atoms with Gasteiger partial charge in [-0.25, -0.2) is 4.79 Å². The summed E-state index contributed by atoms with van der Waals surface area (Å²) < 4.78 is 5.82. The lowest BCUT2D eigenvalue weighted by molar-refractivity contribution is 0.0696. The molecular weight excluding hydrogens is 361 g/mol. The molecule has 0 bridgehead atoms. The van der Waals surface area contributed by atoms with Crippen molar-refractivity contribution >= 4 is 34.9 Å². The monoisotopic (exact) mass is 375 g/mol. The number of anilines is 1. The zero-order valence-corrected chi connectivity index (χ0v) is 14.9. The minimum atomic E-state index is -0.946. The Morgan fingerprint density at radius 3 is 2.68 bits per heavy atom. The van der Waals surface area contributed by atoms with Gasteiger partial charge in [-0.1, -0.05) is 29.3 Å². The van der Waals surface area contributed by atoms with E-state index in [1.54, 1.807) is 37.3 Å². The SMILES string of the molecule is Cc1c(NCc2ccc(-c3ccc(Cl)cc3Cl)o2)cccc1C(=O)O. The van der Waals surface area contributed by atoms with E-state index in [-0.39, 0.29) is 5.56 Å². The number of carboxylic acid groups (broad SMARTS) is 1. The zero-order chi connectivity index (χ0) is 18.0. The highest BCUT2D eigenvalue weighted by Gasteiger charge is 2.12. The molecule has 128 valence electrons. The van der Waals surface area contributed by atoms with Gasteiger partial charge in [0, 0.05) is 16.3 Å². The quantitative estimate of drug-likeness (QED) is 0.584. The summed E-state index contributed by atoms with van der Waals surface area (Å²) in [6.07, 6.45) is 0. The number of carboxylic acids is 1. The molecule has 0 fully saturated rings. The third-order valence-electron chi connectivity index (χ3n) is 3.88. The van der Waals surface area contributed by atoms with Crippen molar-refractivity contribution in [3.8, 4) is 11.3 Å². The van der Waals surface area contributed by atoms with Gasteiger partial charge in [0.05, 0.1) is 17.1 Å². The molecular formula is C19H15Cl2NO3. The lowest BCUT2D eigenvalue weighted by Gasteiger charge is -2.10. The van der Waals surface area contributed by atoms with Crippen LogP contribution in [0.4, 0.5) is 5.69 Å². The largest absolute Gasteiger partial charge is 0.478 e. The number of nitrogens with one attached hydrogen (secondary N) is 1. The van der Waals surface area contributed by atoms with E-state index < -0.39 is 5.97 Å². The van der Waals surface area contributed by atoms with Crippen LogP contribution in [0, 0.1) is 6.92 Å². The van der Waals surface area contributed by atoms with Crippen LogP contribution < -0.4 is 5.32 Å². The van der Waals surface area contributed by atoms with Crippen LogP contribution in [0.2, 0.25) is 10.0 Å². The zero-order valence-electron chi connectivity index (χ0n) is 13.3. The second-order valence-corrected chi connectivity index (χ2v) is 6.37. The molecule has 25 heavy (non-hydrogen) atoms. The summed E-state index contributed by atoms with van der Waals surface area (Å²) in [6, 6.07) is 14.0. The fourth-order valence-corrected chi connectivity index (χ4v) is 3.05. The predicted octanol–water partition coefficient (Wildman–Crippen LogP) is 5.87. The van der Waals surface area contributed by atoms with Gasteiger partial charge in [-0.05, 0) is 55.0 Å². The minimum absolute atomic E-state index is 0.276. The van der Waals surface area contributed by atoms with Crippen LogP contribution >= 0.6 is 23.2 Å². The maximum atomic E-state index is 11.2. The summed E-state index contributed by atoms with van der Waals surface area (Å²) in [7, 11) is 0. The number of aromatic carboxylic acids is 1. The Bertz CT molecular complexity index is 934. The van der Waals surface area contributed by atoms with Crippen molar-refractivity contribution in [1.82, 2.24) is 0 Å². The van der Waals surface area contributed by atoms with Gasteiger partial charge in [0.1, 0.15) is 11.5 Å². The number of halogens is 2. The average Bonchev–Trinajstić information content (AvgIpc) is 3.02. The predicted molar refractivity (Wildman–Crippen MR) is 99.6 cm³/mol. The molecule has 0 amide bonds. The molecule has 0 radical (unpaired) electrons. The number of furan rings is 1. The Kier molecular flexibility index (Phi) is 5.02. The highest BCUT2D eigenvalue weighted by molar-refractivity contribution is 6.36. The van der Waals surface area contributed by atoms with E-state index >= 15 is 0 Å². The molecule has 4 nitrogen and oxygen atoms in total. The Morgan fingerprint density at radius 2 is 1.96 bits per heavy atom. The number of carbonyl (C=O) groups is 1. The molecule has 0 saturated heterocycles. The first-order valence-corrected chi connectivity index (χ1v) is 8.32. The van der Waals surface area contributed by atoms with Crippen LogP contribution in [0.3, 0.4) is 0 Å². The van der Waals surface area contributed by atoms with Gasteiger partial charge in [-0.3, -0.25) is 0 Å². The fraction of sp³-hybridized carbons (Fsp3) is 0.105. The second kappa shape index (κ2) is 7.21. The molecule has 1 heterocycles. The van der Waals surface area contributed by atoms with Gasteiger partial charge in [0.15, 0.2) is 0 Å². The van der Waals surface area contributed by atoms with Gasteiger partial charge >= 0.3 is 5.97 Å². The van der Waals surface area contributed by atoms with Crippen LogP contribution in [-0.4, -0.2) is 11.1 Å². The van der Waals surface area contributed by atoms with Crippen LogP contribution in [0.25, 0.3) is 11.3 Å². The number of hydrogen-bond acceptors (Lipinski definition) is 3. The van der Waals surface area contributed by atoms with E-state index in [0.717, 1.165) is 11.3 Å². The maximum Gasteiger partial charge on any atom is 0.336 e. The lowest BCUT2D eigenvalue weighted by Crippen LogP contribution is -2.05. The van der Waals surface area contributed by atoms with Crippen molar-refractivity contribution < 1.29 is 14.3 Å². The molecule has 0 aliphatic heterocycles. The Balaban J connectivity index is 1.77. The molecule has 0 aliphatic carbocycles. The summed E-state index contributed by atoms with van der Waals surface area (Å²) in [5.41, 5.74) is 2.48.